The third kappa shape index (κ3) is 4.97. The van der Waals surface area contributed by atoms with Gasteiger partial charge in [-0.05, 0) is 38.3 Å². The van der Waals surface area contributed by atoms with Crippen LogP contribution in [0.25, 0.3) is 0 Å². The van der Waals surface area contributed by atoms with Gasteiger partial charge in [-0.3, -0.25) is 9.59 Å². The predicted molar refractivity (Wildman–Crippen MR) is 106 cm³/mol. The molecule has 4 nitrogen and oxygen atoms in total. The van der Waals surface area contributed by atoms with Gasteiger partial charge in [-0.25, -0.2) is 0 Å². The number of likely N-dealkylation sites (tertiary alicyclic amines) is 1. The van der Waals surface area contributed by atoms with Crippen molar-refractivity contribution in [1.29, 1.82) is 0 Å². The van der Waals surface area contributed by atoms with Crippen LogP contribution in [-0.2, 0) is 4.79 Å². The van der Waals surface area contributed by atoms with Crippen LogP contribution < -0.4 is 4.74 Å². The summed E-state index contributed by atoms with van der Waals surface area (Å²) in [5, 5.41) is 0. The maximum atomic E-state index is 12.5. The van der Waals surface area contributed by atoms with Crippen LogP contribution in [0, 0.1) is 19.8 Å². The molecule has 0 aromatic heterocycles. The maximum absolute atomic E-state index is 12.5. The minimum absolute atomic E-state index is 0.0166. The number of rotatable bonds is 6. The first-order valence-corrected chi connectivity index (χ1v) is 9.61. The highest BCUT2D eigenvalue weighted by atomic mass is 16.5. The number of ketones is 1. The van der Waals surface area contributed by atoms with Crippen molar-refractivity contribution < 1.29 is 14.3 Å². The first-order valence-electron chi connectivity index (χ1n) is 9.61. The molecule has 27 heavy (non-hydrogen) atoms. The lowest BCUT2D eigenvalue weighted by molar-refractivity contribution is -0.132. The lowest BCUT2D eigenvalue weighted by atomic mass is 9.89. The number of aryl methyl sites for hydroxylation is 2. The number of carbonyl (C=O) groups is 2. The molecular weight excluding hydrogens is 338 g/mol. The number of hydrogen-bond donors (Lipinski definition) is 0. The second-order valence-electron chi connectivity index (χ2n) is 7.25. The topological polar surface area (TPSA) is 46.6 Å². The fourth-order valence-corrected chi connectivity index (χ4v) is 3.60. The van der Waals surface area contributed by atoms with Crippen LogP contribution in [-0.4, -0.2) is 36.3 Å². The van der Waals surface area contributed by atoms with Crippen LogP contribution in [0.4, 0.5) is 0 Å². The second kappa shape index (κ2) is 8.85. The Bertz CT molecular complexity index is 793. The molecule has 1 heterocycles. The average molecular weight is 365 g/mol. The first kappa shape index (κ1) is 19.2. The van der Waals surface area contributed by atoms with E-state index in [2.05, 4.69) is 6.07 Å². The number of piperidine rings is 1. The minimum Gasteiger partial charge on any atom is -0.493 e. The van der Waals surface area contributed by atoms with Crippen LogP contribution in [0.1, 0.15) is 40.7 Å². The minimum atomic E-state index is 0.0166. The molecule has 0 atom stereocenters. The lowest BCUT2D eigenvalue weighted by Gasteiger charge is -2.31. The van der Waals surface area contributed by atoms with Gasteiger partial charge in [-0.2, -0.15) is 0 Å². The van der Waals surface area contributed by atoms with Crippen molar-refractivity contribution in [2.45, 2.75) is 33.1 Å². The van der Waals surface area contributed by atoms with E-state index in [1.54, 1.807) is 0 Å². The van der Waals surface area contributed by atoms with E-state index in [4.69, 9.17) is 4.74 Å². The van der Waals surface area contributed by atoms with Gasteiger partial charge < -0.3 is 9.64 Å². The van der Waals surface area contributed by atoms with E-state index in [-0.39, 0.29) is 17.6 Å². The van der Waals surface area contributed by atoms with Gasteiger partial charge in [-0.15, -0.1) is 0 Å². The number of ether oxygens (including phenoxy) is 1. The summed E-state index contributed by atoms with van der Waals surface area (Å²) in [5.41, 5.74) is 3.05. The molecule has 142 valence electrons. The molecule has 0 bridgehead atoms. The average Bonchev–Trinajstić information content (AvgIpc) is 2.70. The largest absolute Gasteiger partial charge is 0.493 e. The van der Waals surface area contributed by atoms with Crippen molar-refractivity contribution in [2.75, 3.05) is 19.7 Å². The van der Waals surface area contributed by atoms with E-state index >= 15 is 0 Å². The Morgan fingerprint density at radius 2 is 1.74 bits per heavy atom. The molecule has 0 spiro atoms. The zero-order chi connectivity index (χ0) is 19.2. The molecular formula is C23H27NO3. The summed E-state index contributed by atoms with van der Waals surface area (Å²) in [7, 11) is 0. The molecule has 0 aliphatic carbocycles. The fourth-order valence-electron chi connectivity index (χ4n) is 3.60. The van der Waals surface area contributed by atoms with Gasteiger partial charge >= 0.3 is 0 Å². The third-order valence-corrected chi connectivity index (χ3v) is 5.18. The molecule has 4 heteroatoms. The molecule has 0 saturated carbocycles. The van der Waals surface area contributed by atoms with Crippen molar-refractivity contribution in [3.8, 4) is 5.75 Å². The standard InChI is InChI=1S/C23H27NO3/c1-17-8-9-21(18(2)16-17)27-15-12-22(25)24-13-10-20(11-14-24)23(26)19-6-4-3-5-7-19/h3-9,16,20H,10-15H2,1-2H3. The van der Waals surface area contributed by atoms with Crippen molar-refractivity contribution >= 4 is 11.7 Å². The number of nitrogens with zero attached hydrogens (tertiary/aromatic N) is 1. The molecule has 1 fully saturated rings. The monoisotopic (exact) mass is 365 g/mol. The van der Waals surface area contributed by atoms with Gasteiger partial charge in [0.1, 0.15) is 5.75 Å². The van der Waals surface area contributed by atoms with Gasteiger partial charge in [-0.1, -0.05) is 48.0 Å². The molecule has 0 radical (unpaired) electrons. The van der Waals surface area contributed by atoms with Crippen molar-refractivity contribution in [3.05, 3.63) is 65.2 Å². The Morgan fingerprint density at radius 3 is 2.41 bits per heavy atom. The van der Waals surface area contributed by atoms with Crippen molar-refractivity contribution in [1.82, 2.24) is 4.90 Å². The van der Waals surface area contributed by atoms with E-state index in [0.29, 0.717) is 26.1 Å². The van der Waals surface area contributed by atoms with Crippen LogP contribution in [0.3, 0.4) is 0 Å². The molecule has 1 saturated heterocycles. The number of benzene rings is 2. The summed E-state index contributed by atoms with van der Waals surface area (Å²) in [4.78, 5) is 26.8. The highest BCUT2D eigenvalue weighted by molar-refractivity contribution is 5.98. The summed E-state index contributed by atoms with van der Waals surface area (Å²) in [5.74, 6) is 1.15. The van der Waals surface area contributed by atoms with Gasteiger partial charge in [0, 0.05) is 24.6 Å². The number of Topliss-reactive ketones (excluding diaryl/α,β-unsaturated/α-hetero) is 1. The van der Waals surface area contributed by atoms with E-state index in [1.807, 2.05) is 61.2 Å². The SMILES string of the molecule is Cc1ccc(OCCC(=O)N2CCC(C(=O)c3ccccc3)CC2)c(C)c1. The van der Waals surface area contributed by atoms with Crippen LogP contribution in [0.5, 0.6) is 5.75 Å². The zero-order valence-electron chi connectivity index (χ0n) is 16.1. The molecule has 1 aliphatic rings. The normalized spacial score (nSPS) is 14.8. The van der Waals surface area contributed by atoms with Gasteiger partial charge in [0.05, 0.1) is 13.0 Å². The highest BCUT2D eigenvalue weighted by Crippen LogP contribution is 2.23. The Balaban J connectivity index is 1.44. The summed E-state index contributed by atoms with van der Waals surface area (Å²) in [6.45, 7) is 5.73. The molecule has 2 aromatic rings. The van der Waals surface area contributed by atoms with Crippen LogP contribution >= 0.6 is 0 Å². The Morgan fingerprint density at radius 1 is 1.04 bits per heavy atom. The summed E-state index contributed by atoms with van der Waals surface area (Å²) in [6, 6.07) is 15.5. The highest BCUT2D eigenvalue weighted by Gasteiger charge is 2.27. The maximum Gasteiger partial charge on any atom is 0.225 e. The second-order valence-corrected chi connectivity index (χ2v) is 7.25. The molecule has 1 amide bonds. The summed E-state index contributed by atoms with van der Waals surface area (Å²) < 4.78 is 5.77. The van der Waals surface area contributed by atoms with Gasteiger partial charge in [0.2, 0.25) is 5.91 Å². The van der Waals surface area contributed by atoms with Crippen molar-refractivity contribution in [2.24, 2.45) is 5.92 Å². The van der Waals surface area contributed by atoms with E-state index in [9.17, 15) is 9.59 Å². The first-order chi connectivity index (χ1) is 13.0. The summed E-state index contributed by atoms with van der Waals surface area (Å²) >= 11 is 0. The van der Waals surface area contributed by atoms with E-state index < -0.39 is 0 Å². The Labute approximate surface area is 161 Å². The van der Waals surface area contributed by atoms with Gasteiger partial charge in [0.15, 0.2) is 5.78 Å². The third-order valence-electron chi connectivity index (χ3n) is 5.18. The number of carbonyl (C=O) groups excluding carboxylic acids is 2. The van der Waals surface area contributed by atoms with Crippen LogP contribution in [0.2, 0.25) is 0 Å². The lowest BCUT2D eigenvalue weighted by Crippen LogP contribution is -2.40. The van der Waals surface area contributed by atoms with Crippen LogP contribution in [0.15, 0.2) is 48.5 Å². The zero-order valence-corrected chi connectivity index (χ0v) is 16.1. The van der Waals surface area contributed by atoms with Gasteiger partial charge in [0.25, 0.3) is 0 Å². The Hall–Kier alpha value is -2.62. The van der Waals surface area contributed by atoms with Crippen molar-refractivity contribution in [3.63, 3.8) is 0 Å². The number of amides is 1. The van der Waals surface area contributed by atoms with E-state index in [0.717, 1.165) is 29.7 Å². The molecule has 2 aromatic carbocycles. The number of hydrogen-bond acceptors (Lipinski definition) is 3. The molecule has 0 unspecified atom stereocenters. The van der Waals surface area contributed by atoms with E-state index in [1.165, 1.54) is 5.56 Å². The molecule has 0 N–H and O–H groups in total. The molecule has 1 aliphatic heterocycles. The Kier molecular flexibility index (Phi) is 6.28. The molecule has 3 rings (SSSR count). The summed E-state index contributed by atoms with van der Waals surface area (Å²) in [6.07, 6.45) is 1.83. The predicted octanol–water partition coefficient (Wildman–Crippen LogP) is 4.19. The quantitative estimate of drug-likeness (QED) is 0.721. The fraction of sp³-hybridized carbons (Fsp3) is 0.391. The smallest absolute Gasteiger partial charge is 0.225 e.